The van der Waals surface area contributed by atoms with Crippen molar-refractivity contribution in [1.82, 2.24) is 19.6 Å². The molecule has 1 amide bonds. The van der Waals surface area contributed by atoms with Gasteiger partial charge in [-0.05, 0) is 32.0 Å². The third-order valence-corrected chi connectivity index (χ3v) is 4.10. The van der Waals surface area contributed by atoms with Gasteiger partial charge in [0, 0.05) is 18.0 Å². The summed E-state index contributed by atoms with van der Waals surface area (Å²) in [4.78, 5) is 12.2. The molecule has 0 aliphatic heterocycles. The molecule has 0 atom stereocenters. The largest absolute Gasteiger partial charge is 0.508 e. The molecule has 0 saturated carbocycles. The molecule has 0 unspecified atom stereocenters. The van der Waals surface area contributed by atoms with Gasteiger partial charge in [0.1, 0.15) is 12.4 Å². The first-order valence-electron chi connectivity index (χ1n) is 7.27. The number of anilines is 1. The zero-order valence-electron chi connectivity index (χ0n) is 13.2. The maximum Gasteiger partial charge on any atom is 0.276 e. The van der Waals surface area contributed by atoms with Crippen LogP contribution < -0.4 is 5.32 Å². The zero-order chi connectivity index (χ0) is 17.3. The third kappa shape index (κ3) is 3.26. The molecule has 0 saturated heterocycles. The summed E-state index contributed by atoms with van der Waals surface area (Å²) in [6.07, 6.45) is 1.70. The third-order valence-electron chi connectivity index (χ3n) is 3.55. The van der Waals surface area contributed by atoms with Crippen LogP contribution in [-0.4, -0.2) is 30.6 Å². The minimum Gasteiger partial charge on any atom is -0.508 e. The van der Waals surface area contributed by atoms with Crippen molar-refractivity contribution in [3.05, 3.63) is 58.6 Å². The number of rotatable bonds is 4. The predicted octanol–water partition coefficient (Wildman–Crippen LogP) is 2.81. The van der Waals surface area contributed by atoms with Crippen LogP contribution in [0.3, 0.4) is 0 Å². The van der Waals surface area contributed by atoms with Crippen LogP contribution in [0.15, 0.2) is 36.5 Å². The number of nitrogens with zero attached hydrogens (tertiary/aromatic N) is 4. The van der Waals surface area contributed by atoms with Gasteiger partial charge in [-0.2, -0.15) is 10.2 Å². The lowest BCUT2D eigenvalue weighted by Crippen LogP contribution is -2.15. The van der Waals surface area contributed by atoms with Crippen molar-refractivity contribution in [1.29, 1.82) is 0 Å². The molecule has 0 fully saturated rings. The number of hydrogen-bond donors (Lipinski definition) is 2. The standard InChI is InChI=1S/C16H16ClN5O2/c1-10-15(17)11(2)22(19-10)9-21-7-6-14(20-21)16(24)18-12-4-3-5-13(23)8-12/h3-8,23H,9H2,1-2H3,(H,18,24). The lowest BCUT2D eigenvalue weighted by molar-refractivity contribution is 0.102. The molecule has 24 heavy (non-hydrogen) atoms. The summed E-state index contributed by atoms with van der Waals surface area (Å²) in [5.74, 6) is -0.273. The molecule has 3 aromatic rings. The Balaban J connectivity index is 1.73. The highest BCUT2D eigenvalue weighted by Crippen LogP contribution is 2.19. The molecule has 8 heteroatoms. The van der Waals surface area contributed by atoms with E-state index in [4.69, 9.17) is 11.6 Å². The van der Waals surface area contributed by atoms with Crippen LogP contribution in [0.1, 0.15) is 21.9 Å². The van der Waals surface area contributed by atoms with Gasteiger partial charge in [0.05, 0.1) is 16.4 Å². The molecule has 124 valence electrons. The number of halogens is 1. The number of benzene rings is 1. The quantitative estimate of drug-likeness (QED) is 0.761. The summed E-state index contributed by atoms with van der Waals surface area (Å²) in [5, 5.41) is 21.3. The van der Waals surface area contributed by atoms with Gasteiger partial charge < -0.3 is 10.4 Å². The first-order chi connectivity index (χ1) is 11.4. The average Bonchev–Trinajstić information content (AvgIpc) is 3.09. The summed E-state index contributed by atoms with van der Waals surface area (Å²) in [6.45, 7) is 4.07. The van der Waals surface area contributed by atoms with Crippen molar-refractivity contribution in [2.45, 2.75) is 20.5 Å². The lowest BCUT2D eigenvalue weighted by Gasteiger charge is -2.05. The first kappa shape index (κ1) is 16.1. The topological polar surface area (TPSA) is 85.0 Å². The van der Waals surface area contributed by atoms with E-state index in [1.165, 1.54) is 12.1 Å². The molecule has 2 heterocycles. The molecule has 0 aliphatic carbocycles. The summed E-state index contributed by atoms with van der Waals surface area (Å²) in [6, 6.07) is 7.95. The Morgan fingerprint density at radius 3 is 2.75 bits per heavy atom. The Bertz CT molecular complexity index is 900. The van der Waals surface area contributed by atoms with Gasteiger partial charge >= 0.3 is 0 Å². The van der Waals surface area contributed by atoms with Gasteiger partial charge in [-0.15, -0.1) is 0 Å². The average molecular weight is 346 g/mol. The van der Waals surface area contributed by atoms with Crippen LogP contribution in [0.5, 0.6) is 5.75 Å². The maximum atomic E-state index is 12.2. The van der Waals surface area contributed by atoms with E-state index in [0.717, 1.165) is 11.4 Å². The van der Waals surface area contributed by atoms with Crippen molar-refractivity contribution >= 4 is 23.2 Å². The van der Waals surface area contributed by atoms with E-state index in [9.17, 15) is 9.90 Å². The van der Waals surface area contributed by atoms with Gasteiger partial charge in [0.2, 0.25) is 0 Å². The van der Waals surface area contributed by atoms with Gasteiger partial charge in [-0.25, -0.2) is 4.68 Å². The van der Waals surface area contributed by atoms with E-state index in [0.29, 0.717) is 17.4 Å². The fourth-order valence-electron chi connectivity index (χ4n) is 2.29. The first-order valence-corrected chi connectivity index (χ1v) is 7.65. The van der Waals surface area contributed by atoms with Crippen molar-refractivity contribution in [3.63, 3.8) is 0 Å². The number of amides is 1. The van der Waals surface area contributed by atoms with Crippen LogP contribution in [0.2, 0.25) is 5.02 Å². The van der Waals surface area contributed by atoms with Gasteiger partial charge in [0.15, 0.2) is 5.69 Å². The maximum absolute atomic E-state index is 12.2. The molecule has 2 aromatic heterocycles. The second-order valence-electron chi connectivity index (χ2n) is 5.37. The number of carbonyl (C=O) groups is 1. The summed E-state index contributed by atoms with van der Waals surface area (Å²) in [7, 11) is 0. The number of aromatic nitrogens is 4. The molecule has 0 aliphatic rings. The van der Waals surface area contributed by atoms with Gasteiger partial charge in [0.25, 0.3) is 5.91 Å². The number of carbonyl (C=O) groups excluding carboxylic acids is 1. The minimum atomic E-state index is -0.356. The number of aryl methyl sites for hydroxylation is 1. The Morgan fingerprint density at radius 1 is 1.29 bits per heavy atom. The molecule has 2 N–H and O–H groups in total. The number of aromatic hydroxyl groups is 1. The number of nitrogens with one attached hydrogen (secondary N) is 1. The molecular formula is C16H16ClN5O2. The molecule has 0 bridgehead atoms. The highest BCUT2D eigenvalue weighted by molar-refractivity contribution is 6.31. The molecule has 1 aromatic carbocycles. The normalized spacial score (nSPS) is 10.8. The van der Waals surface area contributed by atoms with Crippen molar-refractivity contribution in [3.8, 4) is 5.75 Å². The van der Waals surface area contributed by atoms with Crippen LogP contribution >= 0.6 is 11.6 Å². The summed E-state index contributed by atoms with van der Waals surface area (Å²) >= 11 is 6.13. The van der Waals surface area contributed by atoms with Crippen molar-refractivity contribution < 1.29 is 9.90 Å². The smallest absolute Gasteiger partial charge is 0.276 e. The fraction of sp³-hybridized carbons (Fsp3) is 0.188. The second-order valence-corrected chi connectivity index (χ2v) is 5.75. The van der Waals surface area contributed by atoms with E-state index >= 15 is 0 Å². The summed E-state index contributed by atoms with van der Waals surface area (Å²) < 4.78 is 3.33. The van der Waals surface area contributed by atoms with E-state index in [1.54, 1.807) is 33.8 Å². The van der Waals surface area contributed by atoms with Crippen molar-refractivity contribution in [2.75, 3.05) is 5.32 Å². The predicted molar refractivity (Wildman–Crippen MR) is 90.4 cm³/mol. The van der Waals surface area contributed by atoms with E-state index in [-0.39, 0.29) is 17.4 Å². The highest BCUT2D eigenvalue weighted by Gasteiger charge is 2.13. The van der Waals surface area contributed by atoms with Crippen LogP contribution in [0.4, 0.5) is 5.69 Å². The number of hydrogen-bond acceptors (Lipinski definition) is 4. The van der Waals surface area contributed by atoms with Crippen molar-refractivity contribution in [2.24, 2.45) is 0 Å². The molecular weight excluding hydrogens is 330 g/mol. The summed E-state index contributed by atoms with van der Waals surface area (Å²) in [5.41, 5.74) is 2.37. The minimum absolute atomic E-state index is 0.0831. The highest BCUT2D eigenvalue weighted by atomic mass is 35.5. The van der Waals surface area contributed by atoms with Crippen LogP contribution in [0, 0.1) is 13.8 Å². The Kier molecular flexibility index (Phi) is 4.26. The Labute approximate surface area is 143 Å². The number of phenolic OH excluding ortho intramolecular Hbond substituents is 1. The van der Waals surface area contributed by atoms with Crippen LogP contribution in [0.25, 0.3) is 0 Å². The van der Waals surface area contributed by atoms with Crippen LogP contribution in [-0.2, 0) is 6.67 Å². The Morgan fingerprint density at radius 2 is 2.08 bits per heavy atom. The van der Waals surface area contributed by atoms with E-state index < -0.39 is 0 Å². The van der Waals surface area contributed by atoms with E-state index in [1.807, 2.05) is 13.8 Å². The van der Waals surface area contributed by atoms with Gasteiger partial charge in [-0.1, -0.05) is 17.7 Å². The van der Waals surface area contributed by atoms with Gasteiger partial charge in [-0.3, -0.25) is 9.48 Å². The zero-order valence-corrected chi connectivity index (χ0v) is 13.9. The second kappa shape index (κ2) is 6.37. The van der Waals surface area contributed by atoms with E-state index in [2.05, 4.69) is 15.5 Å². The molecule has 0 radical (unpaired) electrons. The monoisotopic (exact) mass is 345 g/mol. The molecule has 0 spiro atoms. The molecule has 7 nitrogen and oxygen atoms in total. The number of phenols is 1. The lowest BCUT2D eigenvalue weighted by atomic mass is 10.3. The SMILES string of the molecule is Cc1nn(Cn2ccc(C(=O)Nc3cccc(O)c3)n2)c(C)c1Cl. The Hall–Kier alpha value is -2.80. The fourth-order valence-corrected chi connectivity index (χ4v) is 2.43. The molecule has 3 rings (SSSR count).